The number of benzene rings is 1. The lowest BCUT2D eigenvalue weighted by Crippen LogP contribution is -2.55. The number of hydrogen-bond acceptors (Lipinski definition) is 6. The van der Waals surface area contributed by atoms with Gasteiger partial charge in [-0.05, 0) is 49.3 Å². The molecule has 1 saturated carbocycles. The van der Waals surface area contributed by atoms with Crippen molar-refractivity contribution in [3.05, 3.63) is 60.4 Å². The molecule has 3 aromatic rings. The van der Waals surface area contributed by atoms with E-state index in [-0.39, 0.29) is 11.8 Å². The van der Waals surface area contributed by atoms with Crippen LogP contribution in [0.4, 0.5) is 5.95 Å². The number of nitrogens with one attached hydrogen (secondary N) is 1. The third-order valence-corrected chi connectivity index (χ3v) is 6.39. The Labute approximate surface area is 175 Å². The van der Waals surface area contributed by atoms with Gasteiger partial charge in [0.2, 0.25) is 11.9 Å². The number of aromatic nitrogens is 5. The number of nitrogens with zero attached hydrogens (tertiary/aromatic N) is 6. The van der Waals surface area contributed by atoms with Crippen LogP contribution in [0.5, 0.6) is 0 Å². The van der Waals surface area contributed by atoms with Crippen LogP contribution in [-0.2, 0) is 11.3 Å². The number of amides is 1. The van der Waals surface area contributed by atoms with E-state index in [2.05, 4.69) is 30.3 Å². The highest BCUT2D eigenvalue weighted by Gasteiger charge is 2.47. The average molecular weight is 403 g/mol. The number of aryl methyl sites for hydroxylation is 1. The summed E-state index contributed by atoms with van der Waals surface area (Å²) in [6.07, 6.45) is 7.06. The summed E-state index contributed by atoms with van der Waals surface area (Å²) in [4.78, 5) is 28.2. The monoisotopic (exact) mass is 403 g/mol. The van der Waals surface area contributed by atoms with Crippen molar-refractivity contribution >= 4 is 11.9 Å². The molecule has 1 aliphatic heterocycles. The first-order valence-corrected chi connectivity index (χ1v) is 10.4. The first kappa shape index (κ1) is 18.7. The summed E-state index contributed by atoms with van der Waals surface area (Å²) in [7, 11) is 0. The second-order valence-corrected chi connectivity index (χ2v) is 8.19. The molecule has 1 aliphatic carbocycles. The van der Waals surface area contributed by atoms with Gasteiger partial charge in [0, 0.05) is 37.4 Å². The fraction of sp³-hybridized carbons (Fsp3) is 0.409. The number of rotatable bonds is 5. The predicted octanol–water partition coefficient (Wildman–Crippen LogP) is 2.14. The number of hydrogen-bond donors (Lipinski definition) is 1. The first-order chi connectivity index (χ1) is 14.7. The van der Waals surface area contributed by atoms with Gasteiger partial charge in [0.25, 0.3) is 0 Å². The van der Waals surface area contributed by atoms with E-state index in [0.29, 0.717) is 18.4 Å². The molecule has 1 N–H and O–H groups in total. The van der Waals surface area contributed by atoms with Gasteiger partial charge in [-0.15, -0.1) is 0 Å². The molecule has 2 fully saturated rings. The van der Waals surface area contributed by atoms with Crippen molar-refractivity contribution in [2.24, 2.45) is 17.8 Å². The SMILES string of the molecule is Cc1ccnc(N2CC[C@@H]3C[C@@H](C(=O)NCc4ccccc4-n4cncn4)[C@@H]3C2)n1. The van der Waals surface area contributed by atoms with E-state index in [9.17, 15) is 4.79 Å². The highest BCUT2D eigenvalue weighted by atomic mass is 16.1. The van der Waals surface area contributed by atoms with Crippen LogP contribution in [0, 0.1) is 24.7 Å². The third-order valence-electron chi connectivity index (χ3n) is 6.39. The van der Waals surface area contributed by atoms with Crippen LogP contribution in [0.2, 0.25) is 0 Å². The van der Waals surface area contributed by atoms with Crippen molar-refractivity contribution in [2.75, 3.05) is 18.0 Å². The Bertz CT molecular complexity index is 1040. The van der Waals surface area contributed by atoms with Crippen molar-refractivity contribution in [1.29, 1.82) is 0 Å². The maximum Gasteiger partial charge on any atom is 0.225 e. The smallest absolute Gasteiger partial charge is 0.225 e. The molecular formula is C22H25N7O. The van der Waals surface area contributed by atoms with Crippen molar-refractivity contribution in [3.8, 4) is 5.69 Å². The lowest BCUT2D eigenvalue weighted by molar-refractivity contribution is -0.134. The number of carbonyl (C=O) groups excluding carboxylic acids is 1. The summed E-state index contributed by atoms with van der Waals surface area (Å²) >= 11 is 0. The normalized spacial score (nSPS) is 22.8. The Balaban J connectivity index is 1.23. The van der Waals surface area contributed by atoms with Crippen LogP contribution in [0.15, 0.2) is 49.2 Å². The number of fused-ring (bicyclic) bond motifs is 1. The maximum atomic E-state index is 13.0. The van der Waals surface area contributed by atoms with Gasteiger partial charge >= 0.3 is 0 Å². The topological polar surface area (TPSA) is 88.8 Å². The molecule has 0 spiro atoms. The molecule has 30 heavy (non-hydrogen) atoms. The summed E-state index contributed by atoms with van der Waals surface area (Å²) in [6.45, 7) is 4.27. The molecule has 0 radical (unpaired) electrons. The largest absolute Gasteiger partial charge is 0.352 e. The van der Waals surface area contributed by atoms with Crippen LogP contribution in [0.25, 0.3) is 5.69 Å². The second-order valence-electron chi connectivity index (χ2n) is 8.19. The summed E-state index contributed by atoms with van der Waals surface area (Å²) in [5.74, 6) is 1.97. The standard InChI is InChI=1S/C22H25N7O/c1-15-6-8-24-22(27-15)28-9-7-16-10-18(19(16)12-28)21(30)25-11-17-4-2-3-5-20(17)29-14-23-13-26-29/h2-6,8,13-14,16,18-19H,7,9-12H2,1H3,(H,25,30)/t16-,18-,19-/m1/s1. The fourth-order valence-electron chi connectivity index (χ4n) is 4.69. The number of piperidine rings is 1. The molecule has 8 nitrogen and oxygen atoms in total. The average Bonchev–Trinajstić information content (AvgIpc) is 3.28. The Kier molecular flexibility index (Phi) is 4.90. The van der Waals surface area contributed by atoms with Crippen LogP contribution in [0.3, 0.4) is 0 Å². The summed E-state index contributed by atoms with van der Waals surface area (Å²) < 4.78 is 1.72. The molecule has 1 aromatic carbocycles. The minimum Gasteiger partial charge on any atom is -0.352 e. The van der Waals surface area contributed by atoms with Gasteiger partial charge in [0.1, 0.15) is 12.7 Å². The van der Waals surface area contributed by atoms with Crippen LogP contribution >= 0.6 is 0 Å². The third kappa shape index (κ3) is 3.53. The van der Waals surface area contributed by atoms with Crippen LogP contribution in [-0.4, -0.2) is 43.7 Å². The lowest BCUT2D eigenvalue weighted by atomic mass is 9.61. The van der Waals surface area contributed by atoms with E-state index in [1.165, 1.54) is 6.33 Å². The van der Waals surface area contributed by atoms with Crippen molar-refractivity contribution < 1.29 is 4.79 Å². The van der Waals surface area contributed by atoms with E-state index < -0.39 is 0 Å². The number of carbonyl (C=O) groups is 1. The summed E-state index contributed by atoms with van der Waals surface area (Å²) in [5.41, 5.74) is 2.92. The van der Waals surface area contributed by atoms with Gasteiger partial charge in [-0.25, -0.2) is 19.6 Å². The molecular weight excluding hydrogens is 378 g/mol. The van der Waals surface area contributed by atoms with E-state index in [1.54, 1.807) is 17.2 Å². The van der Waals surface area contributed by atoms with Gasteiger partial charge in [-0.2, -0.15) is 5.10 Å². The molecule has 2 aliphatic rings. The zero-order valence-electron chi connectivity index (χ0n) is 17.0. The molecule has 8 heteroatoms. The van der Waals surface area contributed by atoms with Gasteiger partial charge in [0.05, 0.1) is 5.69 Å². The molecule has 3 atom stereocenters. The molecule has 1 saturated heterocycles. The van der Waals surface area contributed by atoms with Crippen molar-refractivity contribution in [1.82, 2.24) is 30.0 Å². The van der Waals surface area contributed by atoms with Crippen LogP contribution in [0.1, 0.15) is 24.1 Å². The van der Waals surface area contributed by atoms with Crippen molar-refractivity contribution in [2.45, 2.75) is 26.3 Å². The molecule has 154 valence electrons. The minimum atomic E-state index is 0.0566. The Morgan fingerprint density at radius 2 is 2.17 bits per heavy atom. The van der Waals surface area contributed by atoms with Gasteiger partial charge in [-0.1, -0.05) is 18.2 Å². The van der Waals surface area contributed by atoms with E-state index in [1.807, 2.05) is 37.3 Å². The molecule has 1 amide bonds. The number of anilines is 1. The number of para-hydroxylation sites is 1. The van der Waals surface area contributed by atoms with Gasteiger partial charge in [0.15, 0.2) is 0 Å². The highest BCUT2D eigenvalue weighted by molar-refractivity contribution is 5.80. The molecule has 2 aromatic heterocycles. The molecule has 0 unspecified atom stereocenters. The van der Waals surface area contributed by atoms with Gasteiger partial charge in [-0.3, -0.25) is 4.79 Å². The Morgan fingerprint density at radius 1 is 1.27 bits per heavy atom. The highest BCUT2D eigenvalue weighted by Crippen LogP contribution is 2.46. The molecule has 5 rings (SSSR count). The Morgan fingerprint density at radius 3 is 3.00 bits per heavy atom. The van der Waals surface area contributed by atoms with Gasteiger partial charge < -0.3 is 10.2 Å². The zero-order chi connectivity index (χ0) is 20.5. The fourth-order valence-corrected chi connectivity index (χ4v) is 4.69. The predicted molar refractivity (Wildman–Crippen MR) is 112 cm³/mol. The minimum absolute atomic E-state index is 0.0566. The quantitative estimate of drug-likeness (QED) is 0.702. The lowest BCUT2D eigenvalue weighted by Gasteiger charge is -2.50. The molecule has 0 bridgehead atoms. The first-order valence-electron chi connectivity index (χ1n) is 10.4. The maximum absolute atomic E-state index is 13.0. The second kappa shape index (κ2) is 7.85. The summed E-state index contributed by atoms with van der Waals surface area (Å²) in [6, 6.07) is 9.84. The van der Waals surface area contributed by atoms with E-state index in [4.69, 9.17) is 0 Å². The summed E-state index contributed by atoms with van der Waals surface area (Å²) in [5, 5.41) is 7.36. The zero-order valence-corrected chi connectivity index (χ0v) is 17.0. The Hall–Kier alpha value is -3.29. The van der Waals surface area contributed by atoms with E-state index in [0.717, 1.165) is 48.8 Å². The molecule has 3 heterocycles. The van der Waals surface area contributed by atoms with Crippen LogP contribution < -0.4 is 10.2 Å². The van der Waals surface area contributed by atoms with E-state index >= 15 is 0 Å². The van der Waals surface area contributed by atoms with Crippen molar-refractivity contribution in [3.63, 3.8) is 0 Å².